The summed E-state index contributed by atoms with van der Waals surface area (Å²) in [5, 5.41) is 30.7. The SMILES string of the molecule is N#CC1=C(N)n2c(=O)c3ccccc3c(=O)n2C1c1ccc(O)c([N+](=O)[O-])c1. The van der Waals surface area contributed by atoms with Crippen molar-refractivity contribution >= 4 is 22.3 Å². The molecule has 0 fully saturated rings. The normalized spacial score (nSPS) is 15.5. The zero-order valence-electron chi connectivity index (χ0n) is 14.1. The van der Waals surface area contributed by atoms with Gasteiger partial charge in [0.1, 0.15) is 23.5 Å². The maximum Gasteiger partial charge on any atom is 0.311 e. The molecule has 0 amide bonds. The molecule has 1 unspecified atom stereocenters. The zero-order valence-corrected chi connectivity index (χ0v) is 14.1. The van der Waals surface area contributed by atoms with Crippen molar-refractivity contribution in [3.05, 3.63) is 84.4 Å². The lowest BCUT2D eigenvalue weighted by Crippen LogP contribution is -2.38. The molecule has 3 N–H and O–H groups in total. The van der Waals surface area contributed by atoms with Gasteiger partial charge in [-0.05, 0) is 23.8 Å². The van der Waals surface area contributed by atoms with Crippen LogP contribution < -0.4 is 16.9 Å². The topological polar surface area (TPSA) is 157 Å². The summed E-state index contributed by atoms with van der Waals surface area (Å²) in [6, 6.07) is 10.4. The van der Waals surface area contributed by atoms with Crippen LogP contribution in [0.25, 0.3) is 16.6 Å². The van der Waals surface area contributed by atoms with E-state index in [9.17, 15) is 30.1 Å². The molecule has 0 radical (unpaired) electrons. The van der Waals surface area contributed by atoms with Gasteiger partial charge in [-0.25, -0.2) is 4.68 Å². The third-order valence-corrected chi connectivity index (χ3v) is 4.66. The number of nitrogens with two attached hydrogens (primary N) is 1. The second-order valence-electron chi connectivity index (χ2n) is 6.13. The molecule has 10 heteroatoms. The van der Waals surface area contributed by atoms with Crippen LogP contribution in [0, 0.1) is 21.4 Å². The van der Waals surface area contributed by atoms with E-state index >= 15 is 0 Å². The standard InChI is InChI=1S/C18H11N5O5/c19-8-12-15(9-5-6-14(24)13(7-9)23(27)28)21-17(25)10-3-1-2-4-11(10)18(26)22(21)16(12)20/h1-7,15,24H,20H2. The van der Waals surface area contributed by atoms with Crippen molar-refractivity contribution in [1.29, 1.82) is 5.26 Å². The van der Waals surface area contributed by atoms with Gasteiger partial charge in [-0.15, -0.1) is 0 Å². The van der Waals surface area contributed by atoms with Gasteiger partial charge in [-0.3, -0.25) is 19.7 Å². The number of phenols is 1. The summed E-state index contributed by atoms with van der Waals surface area (Å²) < 4.78 is 1.92. The maximum atomic E-state index is 13.1. The highest BCUT2D eigenvalue weighted by molar-refractivity contribution is 5.82. The number of nitriles is 1. The van der Waals surface area contributed by atoms with E-state index in [1.165, 1.54) is 18.2 Å². The second kappa shape index (κ2) is 5.82. The number of fused-ring (bicyclic) bond motifs is 2. The Morgan fingerprint density at radius 1 is 1.14 bits per heavy atom. The fourth-order valence-electron chi connectivity index (χ4n) is 3.40. The molecule has 1 aliphatic rings. The van der Waals surface area contributed by atoms with E-state index in [-0.39, 0.29) is 27.7 Å². The van der Waals surface area contributed by atoms with Gasteiger partial charge in [0.15, 0.2) is 5.75 Å². The Labute approximate surface area is 155 Å². The van der Waals surface area contributed by atoms with Crippen LogP contribution in [-0.4, -0.2) is 19.4 Å². The summed E-state index contributed by atoms with van der Waals surface area (Å²) in [6.45, 7) is 0. The van der Waals surface area contributed by atoms with E-state index in [2.05, 4.69) is 0 Å². The van der Waals surface area contributed by atoms with Crippen molar-refractivity contribution in [2.45, 2.75) is 6.04 Å². The monoisotopic (exact) mass is 377 g/mol. The highest BCUT2D eigenvalue weighted by atomic mass is 16.6. The van der Waals surface area contributed by atoms with E-state index in [0.29, 0.717) is 0 Å². The number of nitro benzene ring substituents is 1. The summed E-state index contributed by atoms with van der Waals surface area (Å²) >= 11 is 0. The van der Waals surface area contributed by atoms with Crippen LogP contribution in [0.15, 0.2) is 57.6 Å². The molecule has 0 spiro atoms. The average Bonchev–Trinajstić information content (AvgIpc) is 2.99. The Morgan fingerprint density at radius 2 is 1.79 bits per heavy atom. The molecule has 28 heavy (non-hydrogen) atoms. The molecule has 0 saturated carbocycles. The van der Waals surface area contributed by atoms with E-state index in [4.69, 9.17) is 5.73 Å². The van der Waals surface area contributed by atoms with Gasteiger partial charge in [-0.2, -0.15) is 9.94 Å². The molecular weight excluding hydrogens is 366 g/mol. The van der Waals surface area contributed by atoms with Crippen LogP contribution in [0.1, 0.15) is 11.6 Å². The van der Waals surface area contributed by atoms with E-state index in [1.807, 2.05) is 6.07 Å². The van der Waals surface area contributed by atoms with Crippen molar-refractivity contribution < 1.29 is 10.0 Å². The molecule has 2 heterocycles. The molecule has 1 aliphatic heterocycles. The van der Waals surface area contributed by atoms with Crippen molar-refractivity contribution in [2.75, 3.05) is 0 Å². The number of allylic oxidation sites excluding steroid dienone is 1. The number of aromatic nitrogens is 2. The molecule has 138 valence electrons. The number of benzene rings is 2. The van der Waals surface area contributed by atoms with E-state index in [0.717, 1.165) is 21.5 Å². The van der Waals surface area contributed by atoms with Gasteiger partial charge in [0.25, 0.3) is 11.1 Å². The van der Waals surface area contributed by atoms with Crippen molar-refractivity contribution in [2.24, 2.45) is 5.73 Å². The molecule has 0 bridgehead atoms. The summed E-state index contributed by atoms with van der Waals surface area (Å²) in [7, 11) is 0. The fourth-order valence-corrected chi connectivity index (χ4v) is 3.40. The van der Waals surface area contributed by atoms with Gasteiger partial charge in [0, 0.05) is 6.07 Å². The first kappa shape index (κ1) is 17.0. The van der Waals surface area contributed by atoms with Crippen LogP contribution in [0.5, 0.6) is 5.75 Å². The van der Waals surface area contributed by atoms with Crippen LogP contribution in [-0.2, 0) is 0 Å². The van der Waals surface area contributed by atoms with Gasteiger partial charge in [-0.1, -0.05) is 18.2 Å². The first-order valence-electron chi connectivity index (χ1n) is 8.00. The lowest BCUT2D eigenvalue weighted by molar-refractivity contribution is -0.385. The van der Waals surface area contributed by atoms with Crippen LogP contribution in [0.3, 0.4) is 0 Å². The lowest BCUT2D eigenvalue weighted by Gasteiger charge is -2.16. The lowest BCUT2D eigenvalue weighted by atomic mass is 9.99. The Bertz CT molecular complexity index is 1380. The summed E-state index contributed by atoms with van der Waals surface area (Å²) in [4.78, 5) is 36.3. The molecule has 3 aromatic rings. The first-order chi connectivity index (χ1) is 13.4. The predicted octanol–water partition coefficient (Wildman–Crippen LogP) is 1.03. The molecule has 1 atom stereocenters. The zero-order chi connectivity index (χ0) is 20.2. The Balaban J connectivity index is 2.12. The molecule has 10 nitrogen and oxygen atoms in total. The quantitative estimate of drug-likeness (QED) is 0.498. The minimum atomic E-state index is -1.14. The first-order valence-corrected chi connectivity index (χ1v) is 8.00. The van der Waals surface area contributed by atoms with Gasteiger partial charge < -0.3 is 10.8 Å². The Morgan fingerprint density at radius 3 is 2.39 bits per heavy atom. The van der Waals surface area contributed by atoms with Gasteiger partial charge >= 0.3 is 5.69 Å². The second-order valence-corrected chi connectivity index (χ2v) is 6.13. The average molecular weight is 377 g/mol. The molecule has 0 saturated heterocycles. The number of nitro groups is 1. The summed E-state index contributed by atoms with van der Waals surface area (Å²) in [6.07, 6.45) is 0. The highest BCUT2D eigenvalue weighted by Crippen LogP contribution is 2.36. The minimum absolute atomic E-state index is 0.102. The maximum absolute atomic E-state index is 13.1. The van der Waals surface area contributed by atoms with E-state index < -0.39 is 33.5 Å². The third kappa shape index (κ3) is 2.13. The molecule has 2 aromatic carbocycles. The van der Waals surface area contributed by atoms with Crippen molar-refractivity contribution in [3.63, 3.8) is 0 Å². The smallest absolute Gasteiger partial charge is 0.311 e. The number of nitrogens with zero attached hydrogens (tertiary/aromatic N) is 4. The summed E-state index contributed by atoms with van der Waals surface area (Å²) in [5.74, 6) is -0.790. The number of rotatable bonds is 2. The largest absolute Gasteiger partial charge is 0.502 e. The highest BCUT2D eigenvalue weighted by Gasteiger charge is 2.35. The molecule has 0 aliphatic carbocycles. The molecule has 1 aromatic heterocycles. The molecule has 4 rings (SSSR count). The molecular formula is C18H11N5O5. The fraction of sp³-hybridized carbons (Fsp3) is 0.0556. The Kier molecular flexibility index (Phi) is 3.54. The Hall–Kier alpha value is -4.39. The van der Waals surface area contributed by atoms with Crippen LogP contribution in [0.4, 0.5) is 5.69 Å². The predicted molar refractivity (Wildman–Crippen MR) is 98.4 cm³/mol. The van der Waals surface area contributed by atoms with Crippen LogP contribution >= 0.6 is 0 Å². The third-order valence-electron chi connectivity index (χ3n) is 4.66. The van der Waals surface area contributed by atoms with Gasteiger partial charge in [0.2, 0.25) is 0 Å². The van der Waals surface area contributed by atoms with Gasteiger partial charge in [0.05, 0.1) is 15.7 Å². The van der Waals surface area contributed by atoms with Crippen molar-refractivity contribution in [1.82, 2.24) is 9.36 Å². The van der Waals surface area contributed by atoms with Crippen LogP contribution in [0.2, 0.25) is 0 Å². The summed E-state index contributed by atoms with van der Waals surface area (Å²) in [5.41, 5.74) is 4.29. The number of aromatic hydroxyl groups is 1. The number of hydrogen-bond acceptors (Lipinski definition) is 7. The number of hydrogen-bond donors (Lipinski definition) is 2. The van der Waals surface area contributed by atoms with Crippen molar-refractivity contribution in [3.8, 4) is 11.8 Å². The van der Waals surface area contributed by atoms with E-state index in [1.54, 1.807) is 12.1 Å². The minimum Gasteiger partial charge on any atom is -0.502 e. The number of phenolic OH excluding ortho intramolecular Hbond substituents is 1.